The van der Waals surface area contributed by atoms with E-state index in [0.29, 0.717) is 18.4 Å². The van der Waals surface area contributed by atoms with E-state index < -0.39 is 11.9 Å². The third kappa shape index (κ3) is 2.56. The number of hydrogen-bond acceptors (Lipinski definition) is 2. The molecule has 0 amide bonds. The Balaban J connectivity index is 2.01. The Labute approximate surface area is 123 Å². The molecule has 3 nitrogen and oxygen atoms in total. The summed E-state index contributed by atoms with van der Waals surface area (Å²) < 4.78 is 0. The second-order valence-corrected chi connectivity index (χ2v) is 5.73. The summed E-state index contributed by atoms with van der Waals surface area (Å²) in [5.41, 5.74) is 0.659. The topological polar surface area (TPSA) is 54.4 Å². The fourth-order valence-corrected chi connectivity index (χ4v) is 3.38. The predicted molar refractivity (Wildman–Crippen MR) is 81.4 cm³/mol. The number of aliphatic carboxylic acids is 1. The molecular formula is C18H18O3. The molecule has 21 heavy (non-hydrogen) atoms. The zero-order chi connectivity index (χ0) is 14.8. The van der Waals surface area contributed by atoms with Crippen LogP contribution in [0.5, 0.6) is 0 Å². The summed E-state index contributed by atoms with van der Waals surface area (Å²) in [5, 5.41) is 11.3. The minimum Gasteiger partial charge on any atom is -0.481 e. The normalized spacial score (nSPS) is 22.1. The lowest BCUT2D eigenvalue weighted by atomic mass is 9.75. The van der Waals surface area contributed by atoms with Crippen LogP contribution in [0.15, 0.2) is 42.5 Å². The van der Waals surface area contributed by atoms with E-state index in [9.17, 15) is 14.7 Å². The van der Waals surface area contributed by atoms with Crippen LogP contribution in [-0.2, 0) is 4.79 Å². The van der Waals surface area contributed by atoms with Crippen molar-refractivity contribution in [2.24, 2.45) is 11.8 Å². The minimum absolute atomic E-state index is 0.0149. The summed E-state index contributed by atoms with van der Waals surface area (Å²) in [4.78, 5) is 24.3. The van der Waals surface area contributed by atoms with Crippen molar-refractivity contribution in [3.05, 3.63) is 48.0 Å². The zero-order valence-electron chi connectivity index (χ0n) is 11.8. The van der Waals surface area contributed by atoms with Crippen molar-refractivity contribution in [1.29, 1.82) is 0 Å². The first-order valence-corrected chi connectivity index (χ1v) is 7.43. The first kappa shape index (κ1) is 13.8. The van der Waals surface area contributed by atoms with Gasteiger partial charge in [0.2, 0.25) is 0 Å². The van der Waals surface area contributed by atoms with E-state index in [0.717, 1.165) is 23.6 Å². The van der Waals surface area contributed by atoms with Crippen molar-refractivity contribution in [2.45, 2.75) is 25.7 Å². The number of fused-ring (bicyclic) bond motifs is 1. The summed E-state index contributed by atoms with van der Waals surface area (Å²) in [5.74, 6) is -1.78. The van der Waals surface area contributed by atoms with E-state index in [1.54, 1.807) is 0 Å². The minimum atomic E-state index is -0.840. The number of carboxylic acids is 1. The van der Waals surface area contributed by atoms with Gasteiger partial charge in [0.25, 0.3) is 0 Å². The summed E-state index contributed by atoms with van der Waals surface area (Å²) >= 11 is 0. The average molecular weight is 282 g/mol. The molecular weight excluding hydrogens is 264 g/mol. The Kier molecular flexibility index (Phi) is 3.74. The largest absolute Gasteiger partial charge is 0.481 e. The number of benzene rings is 2. The monoisotopic (exact) mass is 282 g/mol. The second kappa shape index (κ2) is 5.68. The highest BCUT2D eigenvalue weighted by atomic mass is 16.4. The molecule has 2 atom stereocenters. The van der Waals surface area contributed by atoms with E-state index >= 15 is 0 Å². The standard InChI is InChI=1S/C18H18O3/c19-17(15-9-3-4-10-16(15)18(20)21)14-11-5-7-12-6-1-2-8-13(12)14/h1-2,5-8,11,15-16H,3-4,9-10H2,(H,20,21). The average Bonchev–Trinajstić information content (AvgIpc) is 2.53. The van der Waals surface area contributed by atoms with Crippen LogP contribution >= 0.6 is 0 Å². The van der Waals surface area contributed by atoms with Gasteiger partial charge in [-0.05, 0) is 23.6 Å². The third-order valence-electron chi connectivity index (χ3n) is 4.48. The Morgan fingerprint density at radius 3 is 2.33 bits per heavy atom. The summed E-state index contributed by atoms with van der Waals surface area (Å²) in [7, 11) is 0. The maximum atomic E-state index is 12.9. The number of carboxylic acid groups (broad SMARTS) is 1. The molecule has 1 aliphatic carbocycles. The maximum absolute atomic E-state index is 12.9. The Hall–Kier alpha value is -2.16. The molecule has 3 heteroatoms. The molecule has 0 aromatic heterocycles. The predicted octanol–water partition coefficient (Wildman–Crippen LogP) is 3.91. The van der Waals surface area contributed by atoms with Crippen molar-refractivity contribution < 1.29 is 14.7 Å². The van der Waals surface area contributed by atoms with Gasteiger partial charge in [-0.15, -0.1) is 0 Å². The van der Waals surface area contributed by atoms with Gasteiger partial charge in [-0.1, -0.05) is 55.3 Å². The van der Waals surface area contributed by atoms with Crippen LogP contribution in [0.3, 0.4) is 0 Å². The van der Waals surface area contributed by atoms with E-state index in [4.69, 9.17) is 0 Å². The van der Waals surface area contributed by atoms with E-state index in [-0.39, 0.29) is 11.7 Å². The Morgan fingerprint density at radius 1 is 0.905 bits per heavy atom. The maximum Gasteiger partial charge on any atom is 0.307 e. The van der Waals surface area contributed by atoms with Crippen LogP contribution in [0, 0.1) is 11.8 Å². The number of rotatable bonds is 3. The van der Waals surface area contributed by atoms with Gasteiger partial charge in [0, 0.05) is 11.5 Å². The molecule has 0 saturated heterocycles. The second-order valence-electron chi connectivity index (χ2n) is 5.73. The van der Waals surface area contributed by atoms with Gasteiger partial charge in [0.1, 0.15) is 0 Å². The molecule has 0 aliphatic heterocycles. The van der Waals surface area contributed by atoms with Crippen LogP contribution in [-0.4, -0.2) is 16.9 Å². The summed E-state index contributed by atoms with van der Waals surface area (Å²) in [6, 6.07) is 13.4. The fraction of sp³-hybridized carbons (Fsp3) is 0.333. The van der Waals surface area contributed by atoms with Crippen LogP contribution in [0.25, 0.3) is 10.8 Å². The Morgan fingerprint density at radius 2 is 1.57 bits per heavy atom. The number of hydrogen-bond donors (Lipinski definition) is 1. The molecule has 2 aromatic rings. The molecule has 2 unspecified atom stereocenters. The van der Waals surface area contributed by atoms with Crippen LogP contribution in [0.1, 0.15) is 36.0 Å². The molecule has 1 aliphatic rings. The van der Waals surface area contributed by atoms with Gasteiger partial charge in [-0.25, -0.2) is 0 Å². The summed E-state index contributed by atoms with van der Waals surface area (Å²) in [6.07, 6.45) is 3.12. The number of Topliss-reactive ketones (excluding diaryl/α,β-unsaturated/α-hetero) is 1. The molecule has 1 fully saturated rings. The highest BCUT2D eigenvalue weighted by Gasteiger charge is 2.36. The number of carbonyl (C=O) groups is 2. The van der Waals surface area contributed by atoms with Crippen molar-refractivity contribution in [3.63, 3.8) is 0 Å². The van der Waals surface area contributed by atoms with Crippen LogP contribution in [0.4, 0.5) is 0 Å². The molecule has 2 aromatic carbocycles. The van der Waals surface area contributed by atoms with Crippen molar-refractivity contribution in [1.82, 2.24) is 0 Å². The smallest absolute Gasteiger partial charge is 0.307 e. The molecule has 0 bridgehead atoms. The lowest BCUT2D eigenvalue weighted by molar-refractivity contribution is -0.144. The van der Waals surface area contributed by atoms with E-state index in [2.05, 4.69) is 0 Å². The van der Waals surface area contributed by atoms with E-state index in [1.165, 1.54) is 0 Å². The first-order chi connectivity index (χ1) is 10.2. The molecule has 1 saturated carbocycles. The van der Waals surface area contributed by atoms with Crippen molar-refractivity contribution >= 4 is 22.5 Å². The van der Waals surface area contributed by atoms with Gasteiger partial charge in [-0.2, -0.15) is 0 Å². The van der Waals surface area contributed by atoms with Crippen molar-refractivity contribution in [3.8, 4) is 0 Å². The SMILES string of the molecule is O=C(O)C1CCCCC1C(=O)c1cccc2ccccc12. The molecule has 0 spiro atoms. The lowest BCUT2D eigenvalue weighted by Crippen LogP contribution is -2.32. The highest BCUT2D eigenvalue weighted by molar-refractivity contribution is 6.10. The van der Waals surface area contributed by atoms with E-state index in [1.807, 2.05) is 42.5 Å². The Bertz CT molecular complexity index is 684. The molecule has 1 N–H and O–H groups in total. The zero-order valence-corrected chi connectivity index (χ0v) is 11.8. The number of carbonyl (C=O) groups excluding carboxylic acids is 1. The first-order valence-electron chi connectivity index (χ1n) is 7.43. The molecule has 0 heterocycles. The lowest BCUT2D eigenvalue weighted by Gasteiger charge is -2.27. The summed E-state index contributed by atoms with van der Waals surface area (Å²) in [6.45, 7) is 0. The van der Waals surface area contributed by atoms with Crippen molar-refractivity contribution in [2.75, 3.05) is 0 Å². The highest BCUT2D eigenvalue weighted by Crippen LogP contribution is 2.34. The fourth-order valence-electron chi connectivity index (χ4n) is 3.38. The van der Waals surface area contributed by atoms with Gasteiger partial charge in [-0.3, -0.25) is 9.59 Å². The van der Waals surface area contributed by atoms with Gasteiger partial charge in [0.15, 0.2) is 5.78 Å². The molecule has 108 valence electrons. The van der Waals surface area contributed by atoms with Gasteiger partial charge >= 0.3 is 5.97 Å². The van der Waals surface area contributed by atoms with Gasteiger partial charge in [0.05, 0.1) is 5.92 Å². The molecule has 0 radical (unpaired) electrons. The van der Waals surface area contributed by atoms with Crippen LogP contribution < -0.4 is 0 Å². The van der Waals surface area contributed by atoms with Crippen LogP contribution in [0.2, 0.25) is 0 Å². The third-order valence-corrected chi connectivity index (χ3v) is 4.48. The van der Waals surface area contributed by atoms with Gasteiger partial charge < -0.3 is 5.11 Å². The quantitative estimate of drug-likeness (QED) is 0.868. The molecule has 3 rings (SSSR count). The number of ketones is 1.